The first-order valence-electron chi connectivity index (χ1n) is 8.06. The first kappa shape index (κ1) is 18.0. The molecule has 0 aliphatic carbocycles. The number of nitrogens with one attached hydrogen (secondary N) is 1. The van der Waals surface area contributed by atoms with Crippen LogP contribution in [0.1, 0.15) is 59.3 Å². The van der Waals surface area contributed by atoms with Gasteiger partial charge in [0, 0.05) is 19.5 Å². The number of hydrogen-bond acceptors (Lipinski definition) is 3. The quantitative estimate of drug-likeness (QED) is 0.721. The first-order chi connectivity index (χ1) is 9.82. The summed E-state index contributed by atoms with van der Waals surface area (Å²) in [4.78, 5) is 24.8. The highest BCUT2D eigenvalue weighted by Crippen LogP contribution is 2.26. The van der Waals surface area contributed by atoms with E-state index in [0.717, 1.165) is 38.9 Å². The lowest BCUT2D eigenvalue weighted by Gasteiger charge is -2.30. The van der Waals surface area contributed by atoms with Gasteiger partial charge in [-0.05, 0) is 51.0 Å². The molecule has 1 rings (SSSR count). The summed E-state index contributed by atoms with van der Waals surface area (Å²) in [5, 5.41) is 12.0. The molecule has 0 aromatic heterocycles. The topological polar surface area (TPSA) is 69.6 Å². The van der Waals surface area contributed by atoms with Crippen LogP contribution in [0.4, 0.5) is 0 Å². The summed E-state index contributed by atoms with van der Waals surface area (Å²) in [6.45, 7) is 8.59. The van der Waals surface area contributed by atoms with Crippen molar-refractivity contribution in [1.29, 1.82) is 0 Å². The number of nitrogens with zero attached hydrogens (tertiary/aromatic N) is 1. The predicted octanol–water partition coefficient (Wildman–Crippen LogP) is 2.26. The zero-order valence-corrected chi connectivity index (χ0v) is 13.7. The van der Waals surface area contributed by atoms with E-state index in [1.807, 2.05) is 11.8 Å². The van der Waals surface area contributed by atoms with Crippen molar-refractivity contribution >= 4 is 11.9 Å². The second-order valence-electron chi connectivity index (χ2n) is 6.87. The Hall–Kier alpha value is -1.10. The fourth-order valence-electron chi connectivity index (χ4n) is 2.67. The average molecular weight is 298 g/mol. The molecule has 5 nitrogen and oxygen atoms in total. The number of aliphatic carboxylic acids is 1. The molecule has 1 saturated heterocycles. The van der Waals surface area contributed by atoms with Crippen molar-refractivity contribution in [3.05, 3.63) is 0 Å². The van der Waals surface area contributed by atoms with Crippen LogP contribution in [0.5, 0.6) is 0 Å². The van der Waals surface area contributed by atoms with E-state index in [2.05, 4.69) is 19.2 Å². The number of carboxylic acid groups (broad SMARTS) is 1. The maximum absolute atomic E-state index is 12.3. The normalized spacial score (nSPS) is 17.6. The minimum absolute atomic E-state index is 0.0146. The zero-order chi connectivity index (χ0) is 15.9. The monoisotopic (exact) mass is 298 g/mol. The van der Waals surface area contributed by atoms with Crippen LogP contribution in [0.2, 0.25) is 0 Å². The third-order valence-corrected chi connectivity index (χ3v) is 4.31. The summed E-state index contributed by atoms with van der Waals surface area (Å²) >= 11 is 0. The van der Waals surface area contributed by atoms with Gasteiger partial charge >= 0.3 is 5.97 Å². The molecule has 1 unspecified atom stereocenters. The number of carbonyl (C=O) groups is 2. The summed E-state index contributed by atoms with van der Waals surface area (Å²) in [7, 11) is 0. The summed E-state index contributed by atoms with van der Waals surface area (Å²) in [6, 6.07) is -0.154. The SMILES string of the molecule is CC(NCCC(C)(C)CCC(=O)O)C(=O)N1CCCCC1. The van der Waals surface area contributed by atoms with Gasteiger partial charge in [-0.2, -0.15) is 0 Å². The Morgan fingerprint density at radius 1 is 1.19 bits per heavy atom. The van der Waals surface area contributed by atoms with Gasteiger partial charge in [-0.25, -0.2) is 0 Å². The minimum Gasteiger partial charge on any atom is -0.481 e. The highest BCUT2D eigenvalue weighted by Gasteiger charge is 2.23. The van der Waals surface area contributed by atoms with Crippen LogP contribution in [0, 0.1) is 5.41 Å². The third kappa shape index (κ3) is 6.93. The molecule has 0 aromatic rings. The number of piperidine rings is 1. The molecule has 0 radical (unpaired) electrons. The van der Waals surface area contributed by atoms with E-state index < -0.39 is 5.97 Å². The molecule has 1 aliphatic heterocycles. The molecule has 21 heavy (non-hydrogen) atoms. The fraction of sp³-hybridized carbons (Fsp3) is 0.875. The van der Waals surface area contributed by atoms with Crippen molar-refractivity contribution in [2.75, 3.05) is 19.6 Å². The lowest BCUT2D eigenvalue weighted by atomic mass is 9.84. The molecule has 5 heteroatoms. The Bertz CT molecular complexity index is 349. The molecular weight excluding hydrogens is 268 g/mol. The van der Waals surface area contributed by atoms with Crippen LogP contribution in [-0.2, 0) is 9.59 Å². The first-order valence-corrected chi connectivity index (χ1v) is 8.06. The molecule has 0 spiro atoms. The smallest absolute Gasteiger partial charge is 0.303 e. The van der Waals surface area contributed by atoms with E-state index in [1.54, 1.807) is 0 Å². The maximum atomic E-state index is 12.3. The van der Waals surface area contributed by atoms with Crippen molar-refractivity contribution in [2.24, 2.45) is 5.41 Å². The lowest BCUT2D eigenvalue weighted by Crippen LogP contribution is -2.47. The van der Waals surface area contributed by atoms with Gasteiger partial charge < -0.3 is 15.3 Å². The third-order valence-electron chi connectivity index (χ3n) is 4.31. The van der Waals surface area contributed by atoms with Crippen LogP contribution in [-0.4, -0.2) is 47.6 Å². The summed E-state index contributed by atoms with van der Waals surface area (Å²) in [6.07, 6.45) is 5.19. The van der Waals surface area contributed by atoms with Gasteiger partial charge in [0.25, 0.3) is 0 Å². The molecule has 1 fully saturated rings. The highest BCUT2D eigenvalue weighted by atomic mass is 16.4. The van der Waals surface area contributed by atoms with Gasteiger partial charge in [-0.15, -0.1) is 0 Å². The standard InChI is InChI=1S/C16H30N2O3/c1-13(15(21)18-11-5-4-6-12-18)17-10-9-16(2,3)8-7-14(19)20/h13,17H,4-12H2,1-3H3,(H,19,20). The Balaban J connectivity index is 2.26. The van der Waals surface area contributed by atoms with E-state index in [9.17, 15) is 9.59 Å². The Morgan fingerprint density at radius 2 is 1.81 bits per heavy atom. The zero-order valence-electron chi connectivity index (χ0n) is 13.7. The van der Waals surface area contributed by atoms with E-state index in [-0.39, 0.29) is 23.8 Å². The number of rotatable bonds is 8. The van der Waals surface area contributed by atoms with Gasteiger partial charge in [0.2, 0.25) is 5.91 Å². The number of carboxylic acids is 1. The predicted molar refractivity (Wildman–Crippen MR) is 83.2 cm³/mol. The lowest BCUT2D eigenvalue weighted by molar-refractivity contribution is -0.137. The largest absolute Gasteiger partial charge is 0.481 e. The molecule has 1 aliphatic rings. The maximum Gasteiger partial charge on any atom is 0.303 e. The van der Waals surface area contributed by atoms with Crippen LogP contribution < -0.4 is 5.32 Å². The molecule has 0 bridgehead atoms. The van der Waals surface area contributed by atoms with Crippen molar-refractivity contribution in [1.82, 2.24) is 10.2 Å². The molecule has 2 N–H and O–H groups in total. The van der Waals surface area contributed by atoms with E-state index in [1.165, 1.54) is 6.42 Å². The van der Waals surface area contributed by atoms with Crippen molar-refractivity contribution in [2.45, 2.75) is 65.3 Å². The minimum atomic E-state index is -0.746. The van der Waals surface area contributed by atoms with Crippen LogP contribution >= 0.6 is 0 Å². The summed E-state index contributed by atoms with van der Waals surface area (Å²) in [5.41, 5.74) is -0.0146. The summed E-state index contributed by atoms with van der Waals surface area (Å²) < 4.78 is 0. The van der Waals surface area contributed by atoms with Crippen molar-refractivity contribution in [3.8, 4) is 0 Å². The van der Waals surface area contributed by atoms with Gasteiger partial charge in [0.15, 0.2) is 0 Å². The molecule has 0 aromatic carbocycles. The average Bonchev–Trinajstić information content (AvgIpc) is 2.45. The number of hydrogen-bond donors (Lipinski definition) is 2. The van der Waals surface area contributed by atoms with Gasteiger partial charge in [0.1, 0.15) is 0 Å². The second kappa shape index (κ2) is 8.37. The number of amides is 1. The number of likely N-dealkylation sites (tertiary alicyclic amines) is 1. The highest BCUT2D eigenvalue weighted by molar-refractivity contribution is 5.81. The van der Waals surface area contributed by atoms with Gasteiger partial charge in [-0.1, -0.05) is 13.8 Å². The van der Waals surface area contributed by atoms with Crippen LogP contribution in [0.3, 0.4) is 0 Å². The van der Waals surface area contributed by atoms with E-state index in [4.69, 9.17) is 5.11 Å². The molecule has 1 atom stereocenters. The van der Waals surface area contributed by atoms with Crippen molar-refractivity contribution < 1.29 is 14.7 Å². The molecule has 0 saturated carbocycles. The van der Waals surface area contributed by atoms with Crippen LogP contribution in [0.25, 0.3) is 0 Å². The molecule has 1 amide bonds. The van der Waals surface area contributed by atoms with Crippen LogP contribution in [0.15, 0.2) is 0 Å². The Morgan fingerprint density at radius 3 is 2.38 bits per heavy atom. The van der Waals surface area contributed by atoms with Gasteiger partial charge in [0.05, 0.1) is 6.04 Å². The van der Waals surface area contributed by atoms with E-state index >= 15 is 0 Å². The summed E-state index contributed by atoms with van der Waals surface area (Å²) in [5.74, 6) is -0.553. The van der Waals surface area contributed by atoms with Crippen molar-refractivity contribution in [3.63, 3.8) is 0 Å². The Kier molecular flexibility index (Phi) is 7.15. The molecule has 1 heterocycles. The van der Waals surface area contributed by atoms with Gasteiger partial charge in [-0.3, -0.25) is 9.59 Å². The second-order valence-corrected chi connectivity index (χ2v) is 6.87. The van der Waals surface area contributed by atoms with E-state index in [0.29, 0.717) is 6.42 Å². The molecular formula is C16H30N2O3. The molecule has 122 valence electrons. The fourth-order valence-corrected chi connectivity index (χ4v) is 2.67. The number of carbonyl (C=O) groups excluding carboxylic acids is 1. The Labute approximate surface area is 128 Å².